The Kier molecular flexibility index (Phi) is 6.25. The average Bonchev–Trinajstić information content (AvgIpc) is 2.37. The highest BCUT2D eigenvalue weighted by Gasteiger charge is 2.20. The van der Waals surface area contributed by atoms with Crippen LogP contribution in [0, 0.1) is 0 Å². The summed E-state index contributed by atoms with van der Waals surface area (Å²) in [4.78, 5) is 0.192. The van der Waals surface area contributed by atoms with Gasteiger partial charge in [-0.2, -0.15) is 0 Å². The highest BCUT2D eigenvalue weighted by molar-refractivity contribution is 9.10. The van der Waals surface area contributed by atoms with Crippen molar-refractivity contribution in [2.24, 2.45) is 0 Å². The van der Waals surface area contributed by atoms with E-state index >= 15 is 0 Å². The lowest BCUT2D eigenvalue weighted by Crippen LogP contribution is -2.28. The lowest BCUT2D eigenvalue weighted by atomic mass is 10.2. The molecule has 1 aromatic carbocycles. The Balaban J connectivity index is 2.76. The molecule has 0 atom stereocenters. The van der Waals surface area contributed by atoms with Gasteiger partial charge in [-0.15, -0.1) is 0 Å². The van der Waals surface area contributed by atoms with Gasteiger partial charge in [0.1, 0.15) is 0 Å². The molecule has 19 heavy (non-hydrogen) atoms. The second-order valence-electron chi connectivity index (χ2n) is 4.29. The van der Waals surface area contributed by atoms with Gasteiger partial charge in [0.2, 0.25) is 10.0 Å². The van der Waals surface area contributed by atoms with Crippen molar-refractivity contribution in [3.63, 3.8) is 0 Å². The van der Waals surface area contributed by atoms with Crippen LogP contribution in [0.4, 0.5) is 5.69 Å². The average molecular weight is 351 g/mol. The number of anilines is 1. The zero-order valence-electron chi connectivity index (χ0n) is 10.8. The van der Waals surface area contributed by atoms with Crippen LogP contribution < -0.4 is 5.73 Å². The van der Waals surface area contributed by atoms with Crippen molar-refractivity contribution >= 4 is 31.6 Å². The predicted octanol–water partition coefficient (Wildman–Crippen LogP) is 1.81. The van der Waals surface area contributed by atoms with Crippen LogP contribution in [0.2, 0.25) is 0 Å². The third-order valence-electron chi connectivity index (χ3n) is 2.81. The summed E-state index contributed by atoms with van der Waals surface area (Å²) in [6.07, 6.45) is 2.22. The minimum absolute atomic E-state index is 0.139. The summed E-state index contributed by atoms with van der Waals surface area (Å²) in [5, 5.41) is 8.68. The molecule has 0 radical (unpaired) electrons. The topological polar surface area (TPSA) is 83.6 Å². The van der Waals surface area contributed by atoms with Crippen molar-refractivity contribution in [2.45, 2.75) is 24.2 Å². The molecule has 0 heterocycles. The number of sulfonamides is 1. The third kappa shape index (κ3) is 4.45. The first-order valence-electron chi connectivity index (χ1n) is 6.02. The fourth-order valence-electron chi connectivity index (χ4n) is 1.61. The standard InChI is InChI=1S/C12H19BrN2O3S/c1-15(7-3-2-4-8-16)19(17,18)10-5-6-11(13)12(14)9-10/h5-6,9,16H,2-4,7-8,14H2,1H3. The molecule has 0 aliphatic carbocycles. The number of halogens is 1. The summed E-state index contributed by atoms with van der Waals surface area (Å²) in [5.74, 6) is 0. The molecule has 5 nitrogen and oxygen atoms in total. The van der Waals surface area contributed by atoms with E-state index in [0.717, 1.165) is 12.8 Å². The Hall–Kier alpha value is -0.630. The van der Waals surface area contributed by atoms with Gasteiger partial charge < -0.3 is 10.8 Å². The SMILES string of the molecule is CN(CCCCCO)S(=O)(=O)c1ccc(Br)c(N)c1. The molecule has 0 aromatic heterocycles. The normalized spacial score (nSPS) is 12.0. The molecule has 0 aliphatic rings. The molecule has 0 spiro atoms. The largest absolute Gasteiger partial charge is 0.398 e. The Morgan fingerprint density at radius 1 is 1.32 bits per heavy atom. The highest BCUT2D eigenvalue weighted by atomic mass is 79.9. The Labute approximate surface area is 122 Å². The number of unbranched alkanes of at least 4 members (excludes halogenated alkanes) is 2. The number of nitrogen functional groups attached to an aromatic ring is 1. The van der Waals surface area contributed by atoms with Crippen molar-refractivity contribution in [1.82, 2.24) is 4.31 Å². The summed E-state index contributed by atoms with van der Waals surface area (Å²) in [5.41, 5.74) is 6.10. The van der Waals surface area contributed by atoms with Gasteiger partial charge in [-0.05, 0) is 53.4 Å². The monoisotopic (exact) mass is 350 g/mol. The Morgan fingerprint density at radius 3 is 2.58 bits per heavy atom. The molecule has 3 N–H and O–H groups in total. The number of aliphatic hydroxyl groups excluding tert-OH is 1. The van der Waals surface area contributed by atoms with E-state index in [0.29, 0.717) is 23.1 Å². The van der Waals surface area contributed by atoms with Gasteiger partial charge in [-0.1, -0.05) is 0 Å². The lowest BCUT2D eigenvalue weighted by Gasteiger charge is -2.17. The minimum Gasteiger partial charge on any atom is -0.398 e. The number of benzene rings is 1. The van der Waals surface area contributed by atoms with Crippen LogP contribution in [0.3, 0.4) is 0 Å². The molecule has 108 valence electrons. The van der Waals surface area contributed by atoms with Crippen molar-refractivity contribution in [1.29, 1.82) is 0 Å². The van der Waals surface area contributed by atoms with Crippen molar-refractivity contribution in [3.05, 3.63) is 22.7 Å². The summed E-state index contributed by atoms with van der Waals surface area (Å²) in [6.45, 7) is 0.567. The first kappa shape index (κ1) is 16.4. The number of nitrogens with two attached hydrogens (primary N) is 1. The molecule has 0 fully saturated rings. The van der Waals surface area contributed by atoms with Crippen LogP contribution >= 0.6 is 15.9 Å². The Bertz CT molecular complexity index is 520. The maximum absolute atomic E-state index is 12.3. The molecule has 1 rings (SSSR count). The predicted molar refractivity (Wildman–Crippen MR) is 79.3 cm³/mol. The van der Waals surface area contributed by atoms with E-state index in [9.17, 15) is 8.42 Å². The van der Waals surface area contributed by atoms with Crippen LogP contribution in [-0.2, 0) is 10.0 Å². The molecule has 0 amide bonds. The molecule has 0 saturated carbocycles. The first-order valence-corrected chi connectivity index (χ1v) is 8.25. The fraction of sp³-hybridized carbons (Fsp3) is 0.500. The second kappa shape index (κ2) is 7.23. The van der Waals surface area contributed by atoms with E-state index in [2.05, 4.69) is 15.9 Å². The summed E-state index contributed by atoms with van der Waals surface area (Å²) in [7, 11) is -1.95. The van der Waals surface area contributed by atoms with E-state index in [4.69, 9.17) is 10.8 Å². The van der Waals surface area contributed by atoms with Crippen LogP contribution in [-0.4, -0.2) is 38.0 Å². The molecular weight excluding hydrogens is 332 g/mol. The van der Waals surface area contributed by atoms with Crippen molar-refractivity contribution < 1.29 is 13.5 Å². The summed E-state index contributed by atoms with van der Waals surface area (Å²) < 4.78 is 26.5. The third-order valence-corrected chi connectivity index (χ3v) is 5.38. The van der Waals surface area contributed by atoms with Crippen LogP contribution in [0.1, 0.15) is 19.3 Å². The van der Waals surface area contributed by atoms with Gasteiger partial charge >= 0.3 is 0 Å². The number of hydrogen-bond donors (Lipinski definition) is 2. The Morgan fingerprint density at radius 2 is 2.00 bits per heavy atom. The molecule has 0 saturated heterocycles. The molecule has 1 aromatic rings. The van der Waals surface area contributed by atoms with E-state index in [1.807, 2.05) is 0 Å². The maximum atomic E-state index is 12.3. The van der Waals surface area contributed by atoms with Gasteiger partial charge in [0, 0.05) is 30.4 Å². The summed E-state index contributed by atoms with van der Waals surface area (Å²) in [6, 6.07) is 4.60. The van der Waals surface area contributed by atoms with Crippen LogP contribution in [0.5, 0.6) is 0 Å². The second-order valence-corrected chi connectivity index (χ2v) is 7.19. The smallest absolute Gasteiger partial charge is 0.242 e. The van der Waals surface area contributed by atoms with Gasteiger partial charge in [-0.3, -0.25) is 0 Å². The van der Waals surface area contributed by atoms with Crippen molar-refractivity contribution in [2.75, 3.05) is 25.9 Å². The van der Waals surface area contributed by atoms with E-state index in [1.165, 1.54) is 16.4 Å². The molecule has 0 aliphatic heterocycles. The number of aliphatic hydroxyl groups is 1. The number of hydrogen-bond acceptors (Lipinski definition) is 4. The zero-order chi connectivity index (χ0) is 14.5. The molecule has 7 heteroatoms. The molecule has 0 bridgehead atoms. The van der Waals surface area contributed by atoms with Gasteiger partial charge in [0.25, 0.3) is 0 Å². The maximum Gasteiger partial charge on any atom is 0.242 e. The minimum atomic E-state index is -3.50. The fourth-order valence-corrected chi connectivity index (χ4v) is 3.10. The van der Waals surface area contributed by atoms with Crippen LogP contribution in [0.15, 0.2) is 27.6 Å². The lowest BCUT2D eigenvalue weighted by molar-refractivity contribution is 0.281. The van der Waals surface area contributed by atoms with Crippen LogP contribution in [0.25, 0.3) is 0 Å². The number of rotatable bonds is 7. The van der Waals surface area contributed by atoms with Crippen molar-refractivity contribution in [3.8, 4) is 0 Å². The quantitative estimate of drug-likeness (QED) is 0.580. The highest BCUT2D eigenvalue weighted by Crippen LogP contribution is 2.24. The van der Waals surface area contributed by atoms with Gasteiger partial charge in [0.15, 0.2) is 0 Å². The molecular formula is C12H19BrN2O3S. The van der Waals surface area contributed by atoms with Gasteiger partial charge in [0.05, 0.1) is 4.90 Å². The van der Waals surface area contributed by atoms with E-state index < -0.39 is 10.0 Å². The number of nitrogens with zero attached hydrogens (tertiary/aromatic N) is 1. The first-order chi connectivity index (χ1) is 8.89. The van der Waals surface area contributed by atoms with Gasteiger partial charge in [-0.25, -0.2) is 12.7 Å². The summed E-state index contributed by atoms with van der Waals surface area (Å²) >= 11 is 3.24. The van der Waals surface area contributed by atoms with E-state index in [1.54, 1.807) is 13.1 Å². The zero-order valence-corrected chi connectivity index (χ0v) is 13.2. The molecule has 0 unspecified atom stereocenters. The van der Waals surface area contributed by atoms with E-state index in [-0.39, 0.29) is 11.5 Å².